The third kappa shape index (κ3) is 3.30. The van der Waals surface area contributed by atoms with Crippen LogP contribution < -0.4 is 11.1 Å². The summed E-state index contributed by atoms with van der Waals surface area (Å²) in [6.07, 6.45) is 0. The summed E-state index contributed by atoms with van der Waals surface area (Å²) < 4.78 is 5.18. The molecule has 0 saturated carbocycles. The molecule has 1 rings (SSSR count). The number of hydrogen-bond acceptors (Lipinski definition) is 4. The summed E-state index contributed by atoms with van der Waals surface area (Å²) in [6.45, 7) is 1.80. The van der Waals surface area contributed by atoms with Gasteiger partial charge in [0.2, 0.25) is 0 Å². The fourth-order valence-corrected chi connectivity index (χ4v) is 2.09. The van der Waals surface area contributed by atoms with Gasteiger partial charge in [-0.2, -0.15) is 0 Å². The Morgan fingerprint density at radius 1 is 1.50 bits per heavy atom. The van der Waals surface area contributed by atoms with Gasteiger partial charge in [0.05, 0.1) is 12.7 Å². The van der Waals surface area contributed by atoms with E-state index in [-0.39, 0.29) is 12.5 Å². The number of hydrogen-bond donors (Lipinski definition) is 2. The summed E-state index contributed by atoms with van der Waals surface area (Å²) in [5, 5.41) is 2.56. The highest BCUT2D eigenvalue weighted by molar-refractivity contribution is 9.10. The summed E-state index contributed by atoms with van der Waals surface area (Å²) in [4.78, 5) is 23.3. The number of methoxy groups -OCH3 is 1. The van der Waals surface area contributed by atoms with E-state index in [1.807, 2.05) is 0 Å². The van der Waals surface area contributed by atoms with E-state index < -0.39 is 12.0 Å². The first kappa shape index (κ1) is 14.7. The topological polar surface area (TPSA) is 81.4 Å². The van der Waals surface area contributed by atoms with E-state index >= 15 is 0 Å². The molecule has 0 saturated heterocycles. The molecule has 6 heteroatoms. The van der Waals surface area contributed by atoms with Gasteiger partial charge in [-0.15, -0.1) is 0 Å². The molecule has 0 fully saturated rings. The van der Waals surface area contributed by atoms with E-state index in [1.165, 1.54) is 7.11 Å². The highest BCUT2D eigenvalue weighted by Crippen LogP contribution is 2.20. The highest BCUT2D eigenvalue weighted by Gasteiger charge is 2.20. The maximum absolute atomic E-state index is 12.1. The minimum atomic E-state index is -0.708. The lowest BCUT2D eigenvalue weighted by molar-refractivity contribution is -0.142. The van der Waals surface area contributed by atoms with Gasteiger partial charge in [0.25, 0.3) is 5.91 Å². The van der Waals surface area contributed by atoms with Gasteiger partial charge in [0.1, 0.15) is 6.04 Å². The van der Waals surface area contributed by atoms with Gasteiger partial charge < -0.3 is 15.8 Å². The Morgan fingerprint density at radius 3 is 2.72 bits per heavy atom. The number of amides is 1. The zero-order chi connectivity index (χ0) is 13.7. The van der Waals surface area contributed by atoms with Crippen LogP contribution in [0, 0.1) is 0 Å². The molecule has 0 heterocycles. The predicted octanol–water partition coefficient (Wildman–Crippen LogP) is 1.20. The van der Waals surface area contributed by atoms with Crippen LogP contribution in [-0.2, 0) is 16.1 Å². The van der Waals surface area contributed by atoms with Gasteiger partial charge in [-0.25, -0.2) is 4.79 Å². The molecule has 0 spiro atoms. The number of carbonyl (C=O) groups excluding carboxylic acids is 2. The Labute approximate surface area is 114 Å². The van der Waals surface area contributed by atoms with Gasteiger partial charge in [0.15, 0.2) is 0 Å². The van der Waals surface area contributed by atoms with Crippen LogP contribution in [0.2, 0.25) is 0 Å². The molecule has 98 valence electrons. The Kier molecular flexibility index (Phi) is 5.30. The van der Waals surface area contributed by atoms with Crippen molar-refractivity contribution in [2.24, 2.45) is 5.73 Å². The quantitative estimate of drug-likeness (QED) is 0.818. The average molecular weight is 315 g/mol. The van der Waals surface area contributed by atoms with Crippen molar-refractivity contribution in [2.45, 2.75) is 19.5 Å². The number of benzene rings is 1. The number of rotatable bonds is 4. The molecule has 1 atom stereocenters. The van der Waals surface area contributed by atoms with Crippen molar-refractivity contribution < 1.29 is 14.3 Å². The number of carbonyl (C=O) groups is 2. The molecule has 0 aromatic heterocycles. The van der Waals surface area contributed by atoms with Crippen molar-refractivity contribution in [1.82, 2.24) is 5.32 Å². The summed E-state index contributed by atoms with van der Waals surface area (Å²) >= 11 is 3.30. The number of nitrogens with one attached hydrogen (secondary N) is 1. The maximum Gasteiger partial charge on any atom is 0.328 e. The van der Waals surface area contributed by atoms with Crippen LogP contribution >= 0.6 is 15.9 Å². The van der Waals surface area contributed by atoms with E-state index in [0.717, 1.165) is 0 Å². The zero-order valence-electron chi connectivity index (χ0n) is 10.2. The molecular formula is C12H15BrN2O3. The summed E-state index contributed by atoms with van der Waals surface area (Å²) in [5.41, 5.74) is 6.73. The first-order valence-corrected chi connectivity index (χ1v) is 6.16. The molecule has 0 aliphatic carbocycles. The number of ether oxygens (including phenoxy) is 1. The van der Waals surface area contributed by atoms with Gasteiger partial charge in [-0.3, -0.25) is 4.79 Å². The monoisotopic (exact) mass is 314 g/mol. The fraction of sp³-hybridized carbons (Fsp3) is 0.333. The Hall–Kier alpha value is -1.40. The molecule has 0 radical (unpaired) electrons. The first-order valence-electron chi connectivity index (χ1n) is 5.37. The van der Waals surface area contributed by atoms with Crippen molar-refractivity contribution in [1.29, 1.82) is 0 Å². The molecule has 0 aliphatic rings. The highest BCUT2D eigenvalue weighted by atomic mass is 79.9. The lowest BCUT2D eigenvalue weighted by Gasteiger charge is -2.14. The largest absolute Gasteiger partial charge is 0.467 e. The second kappa shape index (κ2) is 6.51. The van der Waals surface area contributed by atoms with Crippen LogP contribution in [0.4, 0.5) is 0 Å². The van der Waals surface area contributed by atoms with Gasteiger partial charge in [0, 0.05) is 11.0 Å². The third-order valence-electron chi connectivity index (χ3n) is 2.45. The second-order valence-electron chi connectivity index (χ2n) is 3.70. The van der Waals surface area contributed by atoms with Crippen LogP contribution in [0.1, 0.15) is 22.8 Å². The molecule has 3 N–H and O–H groups in total. The van der Waals surface area contributed by atoms with Crippen molar-refractivity contribution in [2.75, 3.05) is 7.11 Å². The molecule has 0 bridgehead atoms. The van der Waals surface area contributed by atoms with Crippen LogP contribution in [0.3, 0.4) is 0 Å². The number of halogens is 1. The van der Waals surface area contributed by atoms with E-state index in [9.17, 15) is 9.59 Å². The predicted molar refractivity (Wildman–Crippen MR) is 71.0 cm³/mol. The van der Waals surface area contributed by atoms with Crippen LogP contribution in [0.5, 0.6) is 0 Å². The minimum absolute atomic E-state index is 0.245. The smallest absolute Gasteiger partial charge is 0.328 e. The van der Waals surface area contributed by atoms with Gasteiger partial charge in [-0.05, 0) is 34.5 Å². The standard InChI is InChI=1S/C12H15BrN2O3/c1-7(12(17)18-2)15-11(16)10-8(6-14)4-3-5-9(10)13/h3-5,7H,6,14H2,1-2H3,(H,15,16). The van der Waals surface area contributed by atoms with E-state index in [4.69, 9.17) is 5.73 Å². The molecule has 1 unspecified atom stereocenters. The fourth-order valence-electron chi connectivity index (χ4n) is 1.50. The van der Waals surface area contributed by atoms with Crippen molar-refractivity contribution in [3.8, 4) is 0 Å². The summed E-state index contributed by atoms with van der Waals surface area (Å²) in [7, 11) is 1.27. The average Bonchev–Trinajstić information content (AvgIpc) is 2.36. The molecular weight excluding hydrogens is 300 g/mol. The molecule has 1 aromatic rings. The van der Waals surface area contributed by atoms with Crippen molar-refractivity contribution >= 4 is 27.8 Å². The lowest BCUT2D eigenvalue weighted by Crippen LogP contribution is -2.39. The summed E-state index contributed by atoms with van der Waals surface area (Å²) in [5.74, 6) is -0.856. The molecule has 1 aromatic carbocycles. The van der Waals surface area contributed by atoms with E-state index in [0.29, 0.717) is 15.6 Å². The van der Waals surface area contributed by atoms with Crippen LogP contribution in [0.25, 0.3) is 0 Å². The maximum atomic E-state index is 12.1. The van der Waals surface area contributed by atoms with Crippen LogP contribution in [-0.4, -0.2) is 25.0 Å². The van der Waals surface area contributed by atoms with Crippen molar-refractivity contribution in [3.05, 3.63) is 33.8 Å². The summed E-state index contributed by atoms with van der Waals surface area (Å²) in [6, 6.07) is 4.60. The molecule has 18 heavy (non-hydrogen) atoms. The molecule has 1 amide bonds. The molecule has 5 nitrogen and oxygen atoms in total. The zero-order valence-corrected chi connectivity index (χ0v) is 11.8. The normalized spacial score (nSPS) is 11.8. The third-order valence-corrected chi connectivity index (χ3v) is 3.11. The SMILES string of the molecule is COC(=O)C(C)NC(=O)c1c(Br)cccc1CN. The van der Waals surface area contributed by atoms with Gasteiger partial charge in [-0.1, -0.05) is 12.1 Å². The van der Waals surface area contributed by atoms with Gasteiger partial charge >= 0.3 is 5.97 Å². The van der Waals surface area contributed by atoms with Crippen LogP contribution in [0.15, 0.2) is 22.7 Å². The number of esters is 1. The minimum Gasteiger partial charge on any atom is -0.467 e. The Bertz CT molecular complexity index is 463. The Balaban J connectivity index is 2.94. The van der Waals surface area contributed by atoms with E-state index in [1.54, 1.807) is 25.1 Å². The second-order valence-corrected chi connectivity index (χ2v) is 4.55. The lowest BCUT2D eigenvalue weighted by atomic mass is 10.1. The van der Waals surface area contributed by atoms with Crippen molar-refractivity contribution in [3.63, 3.8) is 0 Å². The first-order chi connectivity index (χ1) is 8.51. The number of nitrogens with two attached hydrogens (primary N) is 1. The molecule has 0 aliphatic heterocycles. The van der Waals surface area contributed by atoms with E-state index in [2.05, 4.69) is 26.0 Å². The Morgan fingerprint density at radius 2 is 2.17 bits per heavy atom.